The second-order valence-corrected chi connectivity index (χ2v) is 5.06. The summed E-state index contributed by atoms with van der Waals surface area (Å²) in [5.41, 5.74) is 1.38. The van der Waals surface area contributed by atoms with Crippen LogP contribution in [0, 0.1) is 11.7 Å². The van der Waals surface area contributed by atoms with E-state index >= 15 is 0 Å². The Labute approximate surface area is 110 Å². The maximum absolute atomic E-state index is 12.7. The molecule has 0 unspecified atom stereocenters. The third-order valence-corrected chi connectivity index (χ3v) is 2.91. The zero-order valence-electron chi connectivity index (χ0n) is 11.6. The first-order valence-corrected chi connectivity index (χ1v) is 6.59. The summed E-state index contributed by atoms with van der Waals surface area (Å²) in [6.45, 7) is 7.19. The summed E-state index contributed by atoms with van der Waals surface area (Å²) in [4.78, 5) is 0. The lowest BCUT2D eigenvalue weighted by molar-refractivity contribution is 0.279. The number of benzene rings is 1. The van der Waals surface area contributed by atoms with Crippen molar-refractivity contribution < 1.29 is 9.13 Å². The molecule has 0 aliphatic carbocycles. The second-order valence-electron chi connectivity index (χ2n) is 5.06. The molecule has 1 aromatic rings. The van der Waals surface area contributed by atoms with E-state index in [0.29, 0.717) is 12.5 Å². The van der Waals surface area contributed by atoms with Gasteiger partial charge < -0.3 is 4.74 Å². The van der Waals surface area contributed by atoms with E-state index in [2.05, 4.69) is 26.8 Å². The van der Waals surface area contributed by atoms with Crippen LogP contribution in [0.1, 0.15) is 40.0 Å². The molecule has 100 valence electrons. The van der Waals surface area contributed by atoms with Crippen LogP contribution in [-0.4, -0.2) is 6.61 Å². The predicted molar refractivity (Wildman–Crippen MR) is 74.3 cm³/mol. The molecule has 0 N–H and O–H groups in total. The van der Waals surface area contributed by atoms with Gasteiger partial charge in [0, 0.05) is 0 Å². The minimum atomic E-state index is -0.225. The Morgan fingerprint density at radius 1 is 1.22 bits per heavy atom. The van der Waals surface area contributed by atoms with Crippen molar-refractivity contribution in [2.45, 2.75) is 40.0 Å². The molecule has 0 aliphatic heterocycles. The van der Waals surface area contributed by atoms with E-state index in [1.54, 1.807) is 12.1 Å². The molecule has 0 saturated heterocycles. The molecule has 2 heteroatoms. The molecular formula is C16H23FO. The van der Waals surface area contributed by atoms with Crippen molar-refractivity contribution >= 4 is 0 Å². The molecule has 0 amide bonds. The molecule has 0 aromatic heterocycles. The molecule has 18 heavy (non-hydrogen) atoms. The van der Waals surface area contributed by atoms with Gasteiger partial charge in [0.1, 0.15) is 11.6 Å². The van der Waals surface area contributed by atoms with Crippen LogP contribution in [0.2, 0.25) is 0 Å². The van der Waals surface area contributed by atoms with Gasteiger partial charge in [-0.1, -0.05) is 18.6 Å². The molecule has 1 atom stereocenters. The fourth-order valence-electron chi connectivity index (χ4n) is 1.71. The van der Waals surface area contributed by atoms with Crippen molar-refractivity contribution in [1.29, 1.82) is 0 Å². The van der Waals surface area contributed by atoms with Gasteiger partial charge in [0.05, 0.1) is 6.61 Å². The van der Waals surface area contributed by atoms with Crippen molar-refractivity contribution in [3.8, 4) is 5.75 Å². The molecule has 1 nitrogen and oxygen atoms in total. The molecule has 0 radical (unpaired) electrons. The molecule has 0 heterocycles. The van der Waals surface area contributed by atoms with Crippen LogP contribution in [0.3, 0.4) is 0 Å². The number of halogens is 1. The van der Waals surface area contributed by atoms with Gasteiger partial charge in [-0.05, 0) is 63.3 Å². The summed E-state index contributed by atoms with van der Waals surface area (Å²) in [6.07, 6.45) is 5.64. The highest BCUT2D eigenvalue weighted by Gasteiger charge is 2.02. The number of hydrogen-bond acceptors (Lipinski definition) is 1. The maximum atomic E-state index is 12.7. The number of allylic oxidation sites excluding steroid dienone is 2. The van der Waals surface area contributed by atoms with E-state index < -0.39 is 0 Å². The average Bonchev–Trinajstić information content (AvgIpc) is 2.31. The van der Waals surface area contributed by atoms with Crippen LogP contribution in [0.15, 0.2) is 35.9 Å². The molecule has 0 fully saturated rings. The first-order chi connectivity index (χ1) is 8.58. The summed E-state index contributed by atoms with van der Waals surface area (Å²) in [5.74, 6) is 1.17. The molecule has 1 aromatic carbocycles. The van der Waals surface area contributed by atoms with Gasteiger partial charge in [-0.25, -0.2) is 4.39 Å². The molecule has 1 rings (SSSR count). The van der Waals surface area contributed by atoms with Crippen LogP contribution >= 0.6 is 0 Å². The summed E-state index contributed by atoms with van der Waals surface area (Å²) >= 11 is 0. The Kier molecular flexibility index (Phi) is 6.48. The molecule has 0 bridgehead atoms. The zero-order chi connectivity index (χ0) is 13.4. The Morgan fingerprint density at radius 2 is 1.89 bits per heavy atom. The zero-order valence-corrected chi connectivity index (χ0v) is 11.6. The Morgan fingerprint density at radius 3 is 2.50 bits per heavy atom. The third-order valence-electron chi connectivity index (χ3n) is 2.91. The van der Waals surface area contributed by atoms with Crippen LogP contribution in [0.5, 0.6) is 5.75 Å². The normalized spacial score (nSPS) is 12.0. The van der Waals surface area contributed by atoms with Gasteiger partial charge in [-0.2, -0.15) is 0 Å². The highest BCUT2D eigenvalue weighted by Crippen LogP contribution is 2.15. The van der Waals surface area contributed by atoms with Gasteiger partial charge in [0.15, 0.2) is 0 Å². The minimum Gasteiger partial charge on any atom is -0.494 e. The lowest BCUT2D eigenvalue weighted by Crippen LogP contribution is -2.04. The average molecular weight is 250 g/mol. The predicted octanol–water partition coefficient (Wildman–Crippen LogP) is 4.98. The quantitative estimate of drug-likeness (QED) is 0.620. The SMILES string of the molecule is CC(C)=CCC[C@@H](C)CCOc1ccc(F)cc1. The van der Waals surface area contributed by atoms with Gasteiger partial charge in [-0.3, -0.25) is 0 Å². The first-order valence-electron chi connectivity index (χ1n) is 6.59. The maximum Gasteiger partial charge on any atom is 0.123 e. The second kappa shape index (κ2) is 7.91. The summed E-state index contributed by atoms with van der Waals surface area (Å²) in [6, 6.07) is 6.19. The molecule has 0 spiro atoms. The van der Waals surface area contributed by atoms with Gasteiger partial charge in [0.25, 0.3) is 0 Å². The monoisotopic (exact) mass is 250 g/mol. The Hall–Kier alpha value is -1.31. The van der Waals surface area contributed by atoms with E-state index in [1.165, 1.54) is 24.1 Å². The van der Waals surface area contributed by atoms with Crippen molar-refractivity contribution in [3.05, 3.63) is 41.7 Å². The smallest absolute Gasteiger partial charge is 0.123 e. The lowest BCUT2D eigenvalue weighted by Gasteiger charge is -2.11. The Balaban J connectivity index is 2.17. The number of ether oxygens (including phenoxy) is 1. The Bertz CT molecular complexity index is 363. The molecular weight excluding hydrogens is 227 g/mol. The van der Waals surface area contributed by atoms with Gasteiger partial charge in [-0.15, -0.1) is 0 Å². The minimum absolute atomic E-state index is 0.225. The summed E-state index contributed by atoms with van der Waals surface area (Å²) < 4.78 is 18.3. The topological polar surface area (TPSA) is 9.23 Å². The third kappa shape index (κ3) is 6.43. The van der Waals surface area contributed by atoms with Gasteiger partial charge in [0.2, 0.25) is 0 Å². The molecule has 0 aliphatic rings. The fraction of sp³-hybridized carbons (Fsp3) is 0.500. The van der Waals surface area contributed by atoms with Crippen LogP contribution < -0.4 is 4.74 Å². The first kappa shape index (κ1) is 14.7. The summed E-state index contributed by atoms with van der Waals surface area (Å²) in [7, 11) is 0. The standard InChI is InChI=1S/C16H23FO/c1-13(2)5-4-6-14(3)11-12-18-16-9-7-15(17)8-10-16/h5,7-10,14H,4,6,11-12H2,1-3H3/t14-/m1/s1. The van der Waals surface area contributed by atoms with Crippen molar-refractivity contribution in [3.63, 3.8) is 0 Å². The van der Waals surface area contributed by atoms with Crippen LogP contribution in [0.4, 0.5) is 4.39 Å². The van der Waals surface area contributed by atoms with E-state index in [1.807, 2.05) is 0 Å². The highest BCUT2D eigenvalue weighted by atomic mass is 19.1. The van der Waals surface area contributed by atoms with Crippen molar-refractivity contribution in [1.82, 2.24) is 0 Å². The van der Waals surface area contributed by atoms with E-state index in [0.717, 1.165) is 18.6 Å². The lowest BCUT2D eigenvalue weighted by atomic mass is 10.0. The van der Waals surface area contributed by atoms with E-state index in [-0.39, 0.29) is 5.82 Å². The largest absolute Gasteiger partial charge is 0.494 e. The van der Waals surface area contributed by atoms with E-state index in [9.17, 15) is 4.39 Å². The van der Waals surface area contributed by atoms with Crippen LogP contribution in [-0.2, 0) is 0 Å². The molecule has 0 saturated carbocycles. The van der Waals surface area contributed by atoms with Gasteiger partial charge >= 0.3 is 0 Å². The fourth-order valence-corrected chi connectivity index (χ4v) is 1.71. The van der Waals surface area contributed by atoms with Crippen LogP contribution in [0.25, 0.3) is 0 Å². The van der Waals surface area contributed by atoms with Crippen molar-refractivity contribution in [2.24, 2.45) is 5.92 Å². The highest BCUT2D eigenvalue weighted by molar-refractivity contribution is 5.21. The van der Waals surface area contributed by atoms with Crippen molar-refractivity contribution in [2.75, 3.05) is 6.61 Å². The summed E-state index contributed by atoms with van der Waals surface area (Å²) in [5, 5.41) is 0. The number of hydrogen-bond donors (Lipinski definition) is 0. The van der Waals surface area contributed by atoms with E-state index in [4.69, 9.17) is 4.74 Å². The number of rotatable bonds is 7.